The lowest BCUT2D eigenvalue weighted by Gasteiger charge is -2.45. The number of carbonyl (C=O) groups excluding carboxylic acids is 1. The molecule has 2 atom stereocenters. The van der Waals surface area contributed by atoms with E-state index in [0.29, 0.717) is 18.5 Å². The lowest BCUT2D eigenvalue weighted by molar-refractivity contribution is -0.141. The van der Waals surface area contributed by atoms with Gasteiger partial charge in [-0.15, -0.1) is 0 Å². The average molecular weight is 255 g/mol. The Morgan fingerprint density at radius 1 is 1.39 bits per heavy atom. The molecule has 0 aromatic carbocycles. The van der Waals surface area contributed by atoms with Crippen LogP contribution in [0.25, 0.3) is 0 Å². The van der Waals surface area contributed by atoms with Crippen molar-refractivity contribution in [3.8, 4) is 0 Å². The van der Waals surface area contributed by atoms with Crippen molar-refractivity contribution in [3.05, 3.63) is 0 Å². The largest absolute Gasteiger partial charge is 0.480 e. The molecule has 3 saturated heterocycles. The lowest BCUT2D eigenvalue weighted by Crippen LogP contribution is -2.58. The van der Waals surface area contributed by atoms with Gasteiger partial charge in [0.15, 0.2) is 0 Å². The number of nitrogens with zero attached hydrogens (tertiary/aromatic N) is 1. The molecule has 0 aromatic rings. The van der Waals surface area contributed by atoms with E-state index < -0.39 is 12.0 Å². The topological polar surface area (TPSA) is 81.7 Å². The Morgan fingerprint density at radius 2 is 2.06 bits per heavy atom. The Hall–Kier alpha value is -1.14. The third-order valence-corrected chi connectivity index (χ3v) is 3.92. The molecule has 102 valence electrons. The molecule has 2 unspecified atom stereocenters. The van der Waals surface area contributed by atoms with Crippen molar-refractivity contribution >= 4 is 11.9 Å². The number of fused-ring (bicyclic) bond motifs is 3. The van der Waals surface area contributed by atoms with Crippen molar-refractivity contribution in [3.63, 3.8) is 0 Å². The fourth-order valence-corrected chi connectivity index (χ4v) is 2.91. The summed E-state index contributed by atoms with van der Waals surface area (Å²) in [6, 6.07) is -0.471. The molecule has 0 saturated carbocycles. The van der Waals surface area contributed by atoms with E-state index in [1.54, 1.807) is 0 Å². The minimum atomic E-state index is -0.987. The highest BCUT2D eigenvalue weighted by Gasteiger charge is 2.34. The van der Waals surface area contributed by atoms with Crippen molar-refractivity contribution < 1.29 is 14.7 Å². The first-order chi connectivity index (χ1) is 8.56. The molecule has 3 rings (SSSR count). The second-order valence-corrected chi connectivity index (χ2v) is 5.24. The third kappa shape index (κ3) is 3.20. The molecule has 3 heterocycles. The first-order valence-electron chi connectivity index (χ1n) is 6.52. The number of carbonyl (C=O) groups is 2. The van der Waals surface area contributed by atoms with Gasteiger partial charge in [-0.2, -0.15) is 0 Å². The predicted octanol–water partition coefficient (Wildman–Crippen LogP) is -0.740. The number of aliphatic carboxylic acids is 1. The van der Waals surface area contributed by atoms with Crippen LogP contribution in [0.3, 0.4) is 0 Å². The number of carboxylic acid groups (broad SMARTS) is 1. The number of carboxylic acids is 1. The van der Waals surface area contributed by atoms with Gasteiger partial charge in [0.05, 0.1) is 0 Å². The first kappa shape index (κ1) is 13.3. The molecule has 3 aliphatic rings. The maximum absolute atomic E-state index is 11.0. The fourth-order valence-electron chi connectivity index (χ4n) is 2.91. The molecule has 1 amide bonds. The number of hydrogen-bond acceptors (Lipinski definition) is 4. The van der Waals surface area contributed by atoms with Crippen LogP contribution in [0.15, 0.2) is 0 Å². The highest BCUT2D eigenvalue weighted by molar-refractivity contribution is 5.82. The van der Waals surface area contributed by atoms with Crippen LogP contribution in [0.5, 0.6) is 0 Å². The molecule has 3 aliphatic heterocycles. The first-order valence-corrected chi connectivity index (χ1v) is 6.52. The van der Waals surface area contributed by atoms with Crippen LogP contribution in [-0.2, 0) is 9.59 Å². The van der Waals surface area contributed by atoms with Crippen molar-refractivity contribution in [2.24, 2.45) is 5.92 Å². The van der Waals surface area contributed by atoms with Crippen molar-refractivity contribution in [2.75, 3.05) is 26.2 Å². The van der Waals surface area contributed by atoms with Gasteiger partial charge in [-0.25, -0.2) is 4.79 Å². The van der Waals surface area contributed by atoms with E-state index in [9.17, 15) is 9.59 Å². The van der Waals surface area contributed by atoms with Gasteiger partial charge in [0.1, 0.15) is 6.04 Å². The summed E-state index contributed by atoms with van der Waals surface area (Å²) in [5.41, 5.74) is 0. The van der Waals surface area contributed by atoms with Crippen LogP contribution in [-0.4, -0.2) is 60.1 Å². The molecular formula is C12H21N3O3. The van der Waals surface area contributed by atoms with Gasteiger partial charge in [0, 0.05) is 26.1 Å². The summed E-state index contributed by atoms with van der Waals surface area (Å²) in [7, 11) is 0. The number of amides is 1. The molecule has 0 radical (unpaired) electrons. The Labute approximate surface area is 107 Å². The zero-order chi connectivity index (χ0) is 13.1. The van der Waals surface area contributed by atoms with Gasteiger partial charge in [-0.05, 0) is 31.8 Å². The fraction of sp³-hybridized carbons (Fsp3) is 0.833. The van der Waals surface area contributed by atoms with Crippen molar-refractivity contribution in [1.29, 1.82) is 0 Å². The van der Waals surface area contributed by atoms with Crippen molar-refractivity contribution in [1.82, 2.24) is 15.5 Å². The summed E-state index contributed by atoms with van der Waals surface area (Å²) in [6.45, 7) is 4.96. The average Bonchev–Trinajstić information content (AvgIpc) is 2.35. The van der Waals surface area contributed by atoms with Gasteiger partial charge >= 0.3 is 5.97 Å². The van der Waals surface area contributed by atoms with Crippen molar-refractivity contribution in [2.45, 2.75) is 31.8 Å². The zero-order valence-electron chi connectivity index (χ0n) is 10.7. The van der Waals surface area contributed by atoms with E-state index >= 15 is 0 Å². The Kier molecular flexibility index (Phi) is 4.19. The maximum atomic E-state index is 11.0. The van der Waals surface area contributed by atoms with Gasteiger partial charge in [-0.3, -0.25) is 4.79 Å². The minimum Gasteiger partial charge on any atom is -0.480 e. The SMILES string of the molecule is CC(=O)NC(CNC1CN2CCC1CC2)C(=O)O. The van der Waals surface area contributed by atoms with E-state index in [0.717, 1.165) is 19.6 Å². The number of rotatable bonds is 5. The normalized spacial score (nSPS) is 31.9. The molecule has 0 aliphatic carbocycles. The van der Waals surface area contributed by atoms with E-state index in [1.807, 2.05) is 0 Å². The quantitative estimate of drug-likeness (QED) is 0.603. The number of nitrogens with one attached hydrogen (secondary N) is 2. The van der Waals surface area contributed by atoms with Crippen LogP contribution < -0.4 is 10.6 Å². The molecule has 6 nitrogen and oxygen atoms in total. The Bertz CT molecular complexity index is 327. The molecule has 0 aromatic heterocycles. The summed E-state index contributed by atoms with van der Waals surface area (Å²) in [5.74, 6) is -0.640. The molecular weight excluding hydrogens is 234 g/mol. The standard InChI is InChI=1S/C12H21N3O3/c1-8(16)14-10(12(17)18)6-13-11-7-15-4-2-9(11)3-5-15/h9-11,13H,2-7H2,1H3,(H,14,16)(H,17,18). The zero-order valence-corrected chi connectivity index (χ0v) is 10.7. The highest BCUT2D eigenvalue weighted by Crippen LogP contribution is 2.27. The van der Waals surface area contributed by atoms with E-state index in [4.69, 9.17) is 5.11 Å². The number of hydrogen-bond donors (Lipinski definition) is 3. The van der Waals surface area contributed by atoms with Crippen LogP contribution in [0, 0.1) is 5.92 Å². The Balaban J connectivity index is 1.82. The summed E-state index contributed by atoms with van der Waals surface area (Å²) in [5, 5.41) is 14.8. The van der Waals surface area contributed by atoms with Crippen LogP contribution in [0.1, 0.15) is 19.8 Å². The summed E-state index contributed by atoms with van der Waals surface area (Å²) in [6.07, 6.45) is 2.38. The Morgan fingerprint density at radius 3 is 2.50 bits per heavy atom. The molecule has 3 N–H and O–H groups in total. The number of piperidine rings is 3. The third-order valence-electron chi connectivity index (χ3n) is 3.92. The maximum Gasteiger partial charge on any atom is 0.327 e. The van der Waals surface area contributed by atoms with Crippen LogP contribution in [0.2, 0.25) is 0 Å². The summed E-state index contributed by atoms with van der Waals surface area (Å²) in [4.78, 5) is 24.3. The van der Waals surface area contributed by atoms with Gasteiger partial charge in [0.2, 0.25) is 5.91 Å². The second-order valence-electron chi connectivity index (χ2n) is 5.24. The van der Waals surface area contributed by atoms with E-state index in [2.05, 4.69) is 15.5 Å². The molecule has 2 bridgehead atoms. The summed E-state index contributed by atoms with van der Waals surface area (Å²) >= 11 is 0. The van der Waals surface area contributed by atoms with E-state index in [-0.39, 0.29) is 5.91 Å². The van der Waals surface area contributed by atoms with Crippen LogP contribution >= 0.6 is 0 Å². The van der Waals surface area contributed by atoms with E-state index in [1.165, 1.54) is 19.8 Å². The summed E-state index contributed by atoms with van der Waals surface area (Å²) < 4.78 is 0. The minimum absolute atomic E-state index is 0.296. The predicted molar refractivity (Wildman–Crippen MR) is 66.2 cm³/mol. The van der Waals surface area contributed by atoms with Gasteiger partial charge < -0.3 is 20.6 Å². The second kappa shape index (κ2) is 5.67. The molecule has 0 spiro atoms. The molecule has 3 fully saturated rings. The lowest BCUT2D eigenvalue weighted by atomic mass is 9.84. The highest BCUT2D eigenvalue weighted by atomic mass is 16.4. The smallest absolute Gasteiger partial charge is 0.327 e. The molecule has 18 heavy (non-hydrogen) atoms. The van der Waals surface area contributed by atoms with Crippen LogP contribution in [0.4, 0.5) is 0 Å². The molecule has 6 heteroatoms. The van der Waals surface area contributed by atoms with Gasteiger partial charge in [0.25, 0.3) is 0 Å². The van der Waals surface area contributed by atoms with Gasteiger partial charge in [-0.1, -0.05) is 0 Å². The monoisotopic (exact) mass is 255 g/mol.